The largest absolute Gasteiger partial charge is 0.493 e. The van der Waals surface area contributed by atoms with Gasteiger partial charge >= 0.3 is 5.97 Å². The second kappa shape index (κ2) is 5.92. The molecule has 0 fully saturated rings. The van der Waals surface area contributed by atoms with Crippen molar-refractivity contribution in [3.8, 4) is 5.75 Å². The van der Waals surface area contributed by atoms with Crippen LogP contribution < -0.4 is 4.74 Å². The van der Waals surface area contributed by atoms with Gasteiger partial charge in [-0.15, -0.1) is 0 Å². The third kappa shape index (κ3) is 2.91. The van der Waals surface area contributed by atoms with Crippen LogP contribution in [0.5, 0.6) is 5.75 Å². The number of aryl methyl sites for hydroxylation is 1. The molecule has 1 rings (SSSR count). The Hall–Kier alpha value is -1.22. The summed E-state index contributed by atoms with van der Waals surface area (Å²) >= 11 is 6.13. The Balaban J connectivity index is 3.30. The van der Waals surface area contributed by atoms with Crippen LogP contribution in [0.3, 0.4) is 0 Å². The lowest BCUT2D eigenvalue weighted by Gasteiger charge is -2.14. The van der Waals surface area contributed by atoms with Crippen LogP contribution in [0.15, 0.2) is 6.07 Å². The molecule has 0 radical (unpaired) electrons. The Morgan fingerprint density at radius 1 is 1.41 bits per heavy atom. The number of rotatable bonds is 4. The van der Waals surface area contributed by atoms with E-state index in [4.69, 9.17) is 21.1 Å². The van der Waals surface area contributed by atoms with Gasteiger partial charge in [0, 0.05) is 5.02 Å². The van der Waals surface area contributed by atoms with Gasteiger partial charge in [0.15, 0.2) is 0 Å². The molecular weight excluding hydrogens is 240 g/mol. The zero-order chi connectivity index (χ0) is 13.0. The van der Waals surface area contributed by atoms with Crippen LogP contribution in [0, 0.1) is 13.8 Å². The fourth-order valence-electron chi connectivity index (χ4n) is 1.60. The number of carbonyl (C=O) groups is 1. The van der Waals surface area contributed by atoms with Crippen LogP contribution in [0.4, 0.5) is 0 Å². The molecule has 0 atom stereocenters. The molecule has 0 spiro atoms. The van der Waals surface area contributed by atoms with Crippen LogP contribution in [0.2, 0.25) is 5.02 Å². The fraction of sp³-hybridized carbons (Fsp3) is 0.462. The molecule has 4 heteroatoms. The number of carbonyl (C=O) groups excluding carboxylic acids is 1. The van der Waals surface area contributed by atoms with Crippen LogP contribution in [0.25, 0.3) is 0 Å². The minimum atomic E-state index is -0.421. The Labute approximate surface area is 107 Å². The molecule has 0 bridgehead atoms. The summed E-state index contributed by atoms with van der Waals surface area (Å²) in [5.41, 5.74) is 2.00. The molecule has 3 nitrogen and oxygen atoms in total. The summed E-state index contributed by atoms with van der Waals surface area (Å²) in [5, 5.41) is 0.578. The smallest absolute Gasteiger partial charge is 0.341 e. The molecule has 0 saturated heterocycles. The highest BCUT2D eigenvalue weighted by Crippen LogP contribution is 2.32. The third-order valence-corrected chi connectivity index (χ3v) is 3.08. The molecule has 0 aromatic heterocycles. The molecular formula is C13H17ClO3. The molecule has 0 saturated carbocycles. The van der Waals surface area contributed by atoms with Gasteiger partial charge in [-0.3, -0.25) is 0 Å². The van der Waals surface area contributed by atoms with Crippen molar-refractivity contribution in [2.24, 2.45) is 0 Å². The Morgan fingerprint density at radius 3 is 2.59 bits per heavy atom. The normalized spacial score (nSPS) is 10.2. The van der Waals surface area contributed by atoms with E-state index in [1.54, 1.807) is 13.0 Å². The van der Waals surface area contributed by atoms with Crippen LogP contribution >= 0.6 is 11.6 Å². The lowest BCUT2D eigenvalue weighted by molar-refractivity contribution is 0.0595. The third-order valence-electron chi connectivity index (χ3n) is 2.50. The summed E-state index contributed by atoms with van der Waals surface area (Å²) in [6.07, 6.45) is 0.876. The second-order valence-electron chi connectivity index (χ2n) is 3.85. The van der Waals surface area contributed by atoms with Gasteiger partial charge in [-0.1, -0.05) is 18.5 Å². The number of esters is 1. The predicted octanol–water partition coefficient (Wildman–Crippen LogP) is 3.53. The van der Waals surface area contributed by atoms with Crippen molar-refractivity contribution in [3.63, 3.8) is 0 Å². The molecule has 0 aliphatic heterocycles. The molecule has 0 amide bonds. The highest BCUT2D eigenvalue weighted by atomic mass is 35.5. The maximum atomic E-state index is 11.7. The molecule has 0 heterocycles. The Bertz CT molecular complexity index is 427. The summed E-state index contributed by atoms with van der Waals surface area (Å²) in [5.74, 6) is 0.119. The first-order valence-corrected chi connectivity index (χ1v) is 5.91. The number of methoxy groups -OCH3 is 1. The molecule has 0 aliphatic carbocycles. The molecule has 1 aromatic rings. The van der Waals surface area contributed by atoms with Crippen molar-refractivity contribution in [2.45, 2.75) is 27.2 Å². The Kier molecular flexibility index (Phi) is 4.82. The molecule has 1 aromatic carbocycles. The van der Waals surface area contributed by atoms with Crippen LogP contribution in [0.1, 0.15) is 34.8 Å². The summed E-state index contributed by atoms with van der Waals surface area (Å²) in [7, 11) is 1.35. The predicted molar refractivity (Wildman–Crippen MR) is 68.1 cm³/mol. The van der Waals surface area contributed by atoms with Gasteiger partial charge in [0.25, 0.3) is 0 Å². The van der Waals surface area contributed by atoms with Gasteiger partial charge in [-0.2, -0.15) is 0 Å². The van der Waals surface area contributed by atoms with E-state index in [-0.39, 0.29) is 0 Å². The standard InChI is InChI=1S/C13H17ClO3/c1-5-6-17-10-7-8(2)12(14)9(3)11(10)13(15)16-4/h7H,5-6H2,1-4H3. The molecule has 0 aliphatic rings. The monoisotopic (exact) mass is 256 g/mol. The average molecular weight is 257 g/mol. The van der Waals surface area contributed by atoms with E-state index in [2.05, 4.69) is 0 Å². The maximum Gasteiger partial charge on any atom is 0.341 e. The number of hydrogen-bond acceptors (Lipinski definition) is 3. The first kappa shape index (κ1) is 13.8. The van der Waals surface area contributed by atoms with E-state index in [9.17, 15) is 4.79 Å². The van der Waals surface area contributed by atoms with Gasteiger partial charge in [0.2, 0.25) is 0 Å². The van der Waals surface area contributed by atoms with Crippen molar-refractivity contribution in [2.75, 3.05) is 13.7 Å². The maximum absolute atomic E-state index is 11.7. The van der Waals surface area contributed by atoms with Gasteiger partial charge < -0.3 is 9.47 Å². The van der Waals surface area contributed by atoms with Gasteiger partial charge in [0.05, 0.1) is 13.7 Å². The van der Waals surface area contributed by atoms with Gasteiger partial charge in [0.1, 0.15) is 11.3 Å². The number of hydrogen-bond donors (Lipinski definition) is 0. The first-order valence-electron chi connectivity index (χ1n) is 5.53. The van der Waals surface area contributed by atoms with Crippen molar-refractivity contribution in [1.29, 1.82) is 0 Å². The molecule has 0 N–H and O–H groups in total. The number of halogens is 1. The highest BCUT2D eigenvalue weighted by Gasteiger charge is 2.20. The van der Waals surface area contributed by atoms with E-state index in [1.165, 1.54) is 7.11 Å². The van der Waals surface area contributed by atoms with E-state index < -0.39 is 5.97 Å². The minimum Gasteiger partial charge on any atom is -0.493 e. The van der Waals surface area contributed by atoms with Crippen LogP contribution in [-0.2, 0) is 4.74 Å². The molecule has 94 valence electrons. The topological polar surface area (TPSA) is 35.5 Å². The fourth-order valence-corrected chi connectivity index (χ4v) is 1.75. The van der Waals surface area contributed by atoms with Crippen LogP contribution in [-0.4, -0.2) is 19.7 Å². The summed E-state index contributed by atoms with van der Waals surface area (Å²) in [6.45, 7) is 6.24. The van der Waals surface area contributed by atoms with Crippen molar-refractivity contribution in [1.82, 2.24) is 0 Å². The zero-order valence-corrected chi connectivity index (χ0v) is 11.4. The zero-order valence-electron chi connectivity index (χ0n) is 10.6. The van der Waals surface area contributed by atoms with E-state index in [0.717, 1.165) is 12.0 Å². The number of ether oxygens (including phenoxy) is 2. The lowest BCUT2D eigenvalue weighted by atomic mass is 10.0. The van der Waals surface area contributed by atoms with E-state index in [1.807, 2.05) is 13.8 Å². The van der Waals surface area contributed by atoms with Gasteiger partial charge in [-0.25, -0.2) is 4.79 Å². The quantitative estimate of drug-likeness (QED) is 0.773. The van der Waals surface area contributed by atoms with E-state index in [0.29, 0.717) is 28.5 Å². The van der Waals surface area contributed by atoms with Crippen molar-refractivity contribution < 1.29 is 14.3 Å². The second-order valence-corrected chi connectivity index (χ2v) is 4.22. The molecule has 0 unspecified atom stereocenters. The van der Waals surface area contributed by atoms with Crippen molar-refractivity contribution in [3.05, 3.63) is 27.8 Å². The van der Waals surface area contributed by atoms with Crippen molar-refractivity contribution >= 4 is 17.6 Å². The average Bonchev–Trinajstić information content (AvgIpc) is 2.32. The van der Waals surface area contributed by atoms with E-state index >= 15 is 0 Å². The lowest BCUT2D eigenvalue weighted by Crippen LogP contribution is -2.09. The SMILES string of the molecule is CCCOc1cc(C)c(Cl)c(C)c1C(=O)OC. The first-order chi connectivity index (χ1) is 8.02. The van der Waals surface area contributed by atoms with Gasteiger partial charge in [-0.05, 0) is 37.5 Å². The summed E-state index contributed by atoms with van der Waals surface area (Å²) in [4.78, 5) is 11.7. The minimum absolute atomic E-state index is 0.413. The summed E-state index contributed by atoms with van der Waals surface area (Å²) < 4.78 is 10.3. The highest BCUT2D eigenvalue weighted by molar-refractivity contribution is 6.32. The Morgan fingerprint density at radius 2 is 2.06 bits per heavy atom. The molecule has 17 heavy (non-hydrogen) atoms. The summed E-state index contributed by atoms with van der Waals surface area (Å²) in [6, 6.07) is 1.78. The number of benzene rings is 1.